The Kier molecular flexibility index (Phi) is 4.30. The predicted octanol–water partition coefficient (Wildman–Crippen LogP) is 0.826. The van der Waals surface area contributed by atoms with Crippen molar-refractivity contribution < 1.29 is 4.79 Å². The van der Waals surface area contributed by atoms with E-state index >= 15 is 0 Å². The van der Waals surface area contributed by atoms with Gasteiger partial charge < -0.3 is 11.1 Å². The van der Waals surface area contributed by atoms with Crippen molar-refractivity contribution in [2.75, 3.05) is 11.9 Å². The van der Waals surface area contributed by atoms with Crippen LogP contribution in [0.3, 0.4) is 0 Å². The van der Waals surface area contributed by atoms with Crippen LogP contribution in [0.5, 0.6) is 0 Å². The van der Waals surface area contributed by atoms with Gasteiger partial charge in [-0.25, -0.2) is 0 Å². The number of aromatic nitrogens is 2. The van der Waals surface area contributed by atoms with Crippen molar-refractivity contribution >= 4 is 11.6 Å². The fraction of sp³-hybridized carbons (Fsp3) is 0.600. The van der Waals surface area contributed by atoms with Gasteiger partial charge in [-0.15, -0.1) is 0 Å². The summed E-state index contributed by atoms with van der Waals surface area (Å²) in [7, 11) is 0. The Hall–Kier alpha value is -1.36. The zero-order valence-electron chi connectivity index (χ0n) is 9.23. The van der Waals surface area contributed by atoms with E-state index in [-0.39, 0.29) is 11.8 Å². The first-order valence-corrected chi connectivity index (χ1v) is 5.20. The predicted molar refractivity (Wildman–Crippen MR) is 59.4 cm³/mol. The minimum Gasteiger partial charge on any atom is -0.330 e. The molecule has 3 N–H and O–H groups in total. The van der Waals surface area contributed by atoms with Gasteiger partial charge in [-0.3, -0.25) is 9.48 Å². The highest BCUT2D eigenvalue weighted by atomic mass is 16.1. The van der Waals surface area contributed by atoms with Gasteiger partial charge in [0.15, 0.2) is 0 Å². The zero-order valence-corrected chi connectivity index (χ0v) is 9.23. The number of anilines is 1. The van der Waals surface area contributed by atoms with Gasteiger partial charge in [0, 0.05) is 18.7 Å². The van der Waals surface area contributed by atoms with Gasteiger partial charge in [-0.05, 0) is 19.9 Å². The Bertz CT molecular complexity index is 321. The molecule has 1 amide bonds. The van der Waals surface area contributed by atoms with Crippen LogP contribution in [-0.4, -0.2) is 22.2 Å². The van der Waals surface area contributed by atoms with Crippen molar-refractivity contribution in [3.63, 3.8) is 0 Å². The van der Waals surface area contributed by atoms with Gasteiger partial charge in [-0.2, -0.15) is 5.10 Å². The fourth-order valence-corrected chi connectivity index (χ4v) is 1.25. The maximum absolute atomic E-state index is 11.6. The third-order valence-corrected chi connectivity index (χ3v) is 2.27. The van der Waals surface area contributed by atoms with Gasteiger partial charge in [-0.1, -0.05) is 6.92 Å². The van der Waals surface area contributed by atoms with Crippen molar-refractivity contribution in [2.45, 2.75) is 26.8 Å². The minimum absolute atomic E-state index is 0.00361. The lowest BCUT2D eigenvalue weighted by Gasteiger charge is -2.08. The second-order valence-electron chi connectivity index (χ2n) is 3.55. The normalized spacial score (nSPS) is 12.5. The quantitative estimate of drug-likeness (QED) is 0.756. The molecule has 0 aliphatic rings. The molecule has 1 unspecified atom stereocenters. The zero-order chi connectivity index (χ0) is 11.3. The van der Waals surface area contributed by atoms with Crippen LogP contribution in [0.2, 0.25) is 0 Å². The van der Waals surface area contributed by atoms with Gasteiger partial charge in [0.2, 0.25) is 5.91 Å². The summed E-state index contributed by atoms with van der Waals surface area (Å²) >= 11 is 0. The van der Waals surface area contributed by atoms with E-state index in [0.29, 0.717) is 13.0 Å². The van der Waals surface area contributed by atoms with E-state index in [2.05, 4.69) is 10.4 Å². The fourth-order valence-electron chi connectivity index (χ4n) is 1.25. The molecule has 0 saturated carbocycles. The summed E-state index contributed by atoms with van der Waals surface area (Å²) in [5, 5.41) is 6.87. The second kappa shape index (κ2) is 5.50. The number of nitrogens with zero attached hydrogens (tertiary/aromatic N) is 2. The first-order valence-electron chi connectivity index (χ1n) is 5.20. The van der Waals surface area contributed by atoms with Crippen molar-refractivity contribution in [1.29, 1.82) is 0 Å². The average molecular weight is 210 g/mol. The maximum atomic E-state index is 11.6. The number of carbonyl (C=O) groups excluding carboxylic acids is 1. The summed E-state index contributed by atoms with van der Waals surface area (Å²) in [6, 6.07) is 0. The van der Waals surface area contributed by atoms with Crippen LogP contribution in [0.15, 0.2) is 12.4 Å². The number of nitrogens with one attached hydrogen (secondary N) is 1. The highest BCUT2D eigenvalue weighted by Gasteiger charge is 2.12. The topological polar surface area (TPSA) is 72.9 Å². The van der Waals surface area contributed by atoms with E-state index in [9.17, 15) is 4.79 Å². The molecule has 1 aromatic heterocycles. The summed E-state index contributed by atoms with van der Waals surface area (Å²) in [6.07, 6.45) is 4.16. The van der Waals surface area contributed by atoms with Crippen LogP contribution in [0, 0.1) is 5.92 Å². The van der Waals surface area contributed by atoms with Crippen LogP contribution < -0.4 is 11.1 Å². The summed E-state index contributed by atoms with van der Waals surface area (Å²) in [4.78, 5) is 11.6. The van der Waals surface area contributed by atoms with Gasteiger partial charge in [0.05, 0.1) is 11.9 Å². The molecule has 0 radical (unpaired) electrons. The van der Waals surface area contributed by atoms with Crippen molar-refractivity contribution in [1.82, 2.24) is 9.78 Å². The Morgan fingerprint density at radius 2 is 2.47 bits per heavy atom. The minimum atomic E-state index is -0.0556. The highest BCUT2D eigenvalue weighted by Crippen LogP contribution is 2.08. The molecular weight excluding hydrogens is 192 g/mol. The van der Waals surface area contributed by atoms with Crippen molar-refractivity contribution in [2.24, 2.45) is 11.7 Å². The molecule has 1 aromatic rings. The number of hydrogen-bond acceptors (Lipinski definition) is 3. The molecule has 0 aromatic carbocycles. The number of aryl methyl sites for hydroxylation is 1. The van der Waals surface area contributed by atoms with E-state index < -0.39 is 0 Å². The standard InChI is InChI=1S/C10H18N4O/c1-3-14-7-9(6-12-14)13-10(15)8(2)4-5-11/h6-8H,3-5,11H2,1-2H3,(H,13,15). The van der Waals surface area contributed by atoms with Gasteiger partial charge in [0.25, 0.3) is 0 Å². The molecule has 0 spiro atoms. The first-order chi connectivity index (χ1) is 7.17. The Balaban J connectivity index is 2.50. The summed E-state index contributed by atoms with van der Waals surface area (Å²) in [5.41, 5.74) is 6.13. The van der Waals surface area contributed by atoms with E-state index in [1.165, 1.54) is 0 Å². The van der Waals surface area contributed by atoms with E-state index in [0.717, 1.165) is 12.2 Å². The lowest BCUT2D eigenvalue weighted by Crippen LogP contribution is -2.22. The molecule has 0 aliphatic carbocycles. The smallest absolute Gasteiger partial charge is 0.227 e. The van der Waals surface area contributed by atoms with E-state index in [4.69, 9.17) is 5.73 Å². The molecule has 0 fully saturated rings. The maximum Gasteiger partial charge on any atom is 0.227 e. The number of rotatable bonds is 5. The number of hydrogen-bond donors (Lipinski definition) is 2. The number of carbonyl (C=O) groups is 1. The molecule has 0 saturated heterocycles. The second-order valence-corrected chi connectivity index (χ2v) is 3.55. The molecule has 15 heavy (non-hydrogen) atoms. The molecule has 1 heterocycles. The van der Waals surface area contributed by atoms with Gasteiger partial charge >= 0.3 is 0 Å². The van der Waals surface area contributed by atoms with Crippen LogP contribution >= 0.6 is 0 Å². The van der Waals surface area contributed by atoms with E-state index in [1.54, 1.807) is 10.9 Å². The number of nitrogens with two attached hydrogens (primary N) is 1. The summed E-state index contributed by atoms with van der Waals surface area (Å²) < 4.78 is 1.77. The van der Waals surface area contributed by atoms with Crippen LogP contribution in [-0.2, 0) is 11.3 Å². The largest absolute Gasteiger partial charge is 0.330 e. The van der Waals surface area contributed by atoms with E-state index in [1.807, 2.05) is 20.0 Å². The Labute approximate surface area is 89.6 Å². The lowest BCUT2D eigenvalue weighted by molar-refractivity contribution is -0.119. The lowest BCUT2D eigenvalue weighted by atomic mass is 10.1. The molecule has 0 bridgehead atoms. The van der Waals surface area contributed by atoms with Crippen LogP contribution in [0.1, 0.15) is 20.3 Å². The highest BCUT2D eigenvalue weighted by molar-refractivity contribution is 5.91. The first kappa shape index (κ1) is 11.7. The molecule has 1 rings (SSSR count). The van der Waals surface area contributed by atoms with Crippen LogP contribution in [0.4, 0.5) is 5.69 Å². The molecule has 84 valence electrons. The molecule has 5 nitrogen and oxygen atoms in total. The summed E-state index contributed by atoms with van der Waals surface area (Å²) in [6.45, 7) is 5.19. The average Bonchev–Trinajstić information content (AvgIpc) is 2.66. The monoisotopic (exact) mass is 210 g/mol. The Morgan fingerprint density at radius 3 is 3.00 bits per heavy atom. The van der Waals surface area contributed by atoms with Crippen molar-refractivity contribution in [3.8, 4) is 0 Å². The molecular formula is C10H18N4O. The third kappa shape index (κ3) is 3.36. The van der Waals surface area contributed by atoms with Gasteiger partial charge in [0.1, 0.15) is 0 Å². The molecule has 0 aliphatic heterocycles. The number of amides is 1. The Morgan fingerprint density at radius 1 is 1.73 bits per heavy atom. The SMILES string of the molecule is CCn1cc(NC(=O)C(C)CCN)cn1. The van der Waals surface area contributed by atoms with Crippen LogP contribution in [0.25, 0.3) is 0 Å². The third-order valence-electron chi connectivity index (χ3n) is 2.27. The molecule has 1 atom stereocenters. The summed E-state index contributed by atoms with van der Waals surface area (Å²) in [5.74, 6) is -0.0592. The molecule has 5 heteroatoms. The van der Waals surface area contributed by atoms with Crippen molar-refractivity contribution in [3.05, 3.63) is 12.4 Å².